The van der Waals surface area contributed by atoms with Crippen molar-refractivity contribution in [2.24, 2.45) is 11.3 Å². The van der Waals surface area contributed by atoms with Gasteiger partial charge >= 0.3 is 12.1 Å². The molecule has 0 aliphatic carbocycles. The van der Waals surface area contributed by atoms with Crippen molar-refractivity contribution in [2.45, 2.75) is 59.5 Å². The Kier molecular flexibility index (Phi) is 5.05. The quantitative estimate of drug-likeness (QED) is 0.809. The van der Waals surface area contributed by atoms with Crippen molar-refractivity contribution < 1.29 is 19.4 Å². The van der Waals surface area contributed by atoms with Gasteiger partial charge in [-0.2, -0.15) is 0 Å². The number of hydrogen-bond acceptors (Lipinski definition) is 3. The third-order valence-corrected chi connectivity index (χ3v) is 4.25. The third-order valence-electron chi connectivity index (χ3n) is 4.25. The van der Waals surface area contributed by atoms with Crippen LogP contribution in [-0.2, 0) is 9.53 Å². The van der Waals surface area contributed by atoms with Gasteiger partial charge in [0.15, 0.2) is 0 Å². The molecule has 1 amide bonds. The fourth-order valence-electron chi connectivity index (χ4n) is 3.02. The number of esters is 1. The van der Waals surface area contributed by atoms with Gasteiger partial charge in [-0.15, -0.1) is 0 Å². The number of likely N-dealkylation sites (tertiary alicyclic amines) is 1. The van der Waals surface area contributed by atoms with Gasteiger partial charge in [0.1, 0.15) is 5.60 Å². The molecule has 5 heteroatoms. The van der Waals surface area contributed by atoms with Gasteiger partial charge in [0, 0.05) is 13.1 Å². The summed E-state index contributed by atoms with van der Waals surface area (Å²) in [6.45, 7) is 10.4. The molecule has 20 heavy (non-hydrogen) atoms. The Balaban J connectivity index is 2.97. The first-order valence-electron chi connectivity index (χ1n) is 7.37. The van der Waals surface area contributed by atoms with Gasteiger partial charge in [0.25, 0.3) is 0 Å². The molecule has 1 aliphatic heterocycles. The van der Waals surface area contributed by atoms with E-state index in [2.05, 4.69) is 0 Å². The second-order valence-corrected chi connectivity index (χ2v) is 6.60. The van der Waals surface area contributed by atoms with E-state index < -0.39 is 17.1 Å². The first kappa shape index (κ1) is 16.8. The molecule has 0 aromatic carbocycles. The Bertz CT molecular complexity index is 375. The van der Waals surface area contributed by atoms with Gasteiger partial charge < -0.3 is 14.7 Å². The molecule has 0 aromatic rings. The van der Waals surface area contributed by atoms with Crippen LogP contribution in [0.1, 0.15) is 53.9 Å². The van der Waals surface area contributed by atoms with E-state index in [1.807, 2.05) is 34.6 Å². The van der Waals surface area contributed by atoms with Crippen LogP contribution in [0.25, 0.3) is 0 Å². The molecule has 1 fully saturated rings. The predicted molar refractivity (Wildman–Crippen MR) is 76.6 cm³/mol. The van der Waals surface area contributed by atoms with E-state index in [0.29, 0.717) is 25.9 Å². The zero-order valence-corrected chi connectivity index (χ0v) is 13.2. The molecule has 1 N–H and O–H groups in total. The molecule has 116 valence electrons. The summed E-state index contributed by atoms with van der Waals surface area (Å²) in [5, 5.41) is 9.13. The first-order valence-corrected chi connectivity index (χ1v) is 7.37. The van der Waals surface area contributed by atoms with Crippen LogP contribution in [0, 0.1) is 11.3 Å². The lowest BCUT2D eigenvalue weighted by molar-refractivity contribution is -0.176. The van der Waals surface area contributed by atoms with Crippen LogP contribution >= 0.6 is 0 Å². The largest absolute Gasteiger partial charge is 0.465 e. The van der Waals surface area contributed by atoms with Crippen molar-refractivity contribution in [1.82, 2.24) is 4.90 Å². The standard InChI is InChI=1S/C15H27NO4/c1-6-11-10-16(13(18)19)9-8-15(11,7-2)12(17)20-14(3,4)5/h11H,6-10H2,1-5H3,(H,18,19). The normalized spacial score (nSPS) is 27.2. The van der Waals surface area contributed by atoms with Crippen molar-refractivity contribution in [2.75, 3.05) is 13.1 Å². The summed E-state index contributed by atoms with van der Waals surface area (Å²) in [5.74, 6) is -0.156. The van der Waals surface area contributed by atoms with Crippen LogP contribution in [0.5, 0.6) is 0 Å². The molecule has 0 saturated carbocycles. The number of ether oxygens (including phenoxy) is 1. The summed E-state index contributed by atoms with van der Waals surface area (Å²) in [4.78, 5) is 25.2. The number of amides is 1. The Morgan fingerprint density at radius 3 is 2.35 bits per heavy atom. The van der Waals surface area contributed by atoms with E-state index in [1.54, 1.807) is 0 Å². The van der Waals surface area contributed by atoms with Crippen molar-refractivity contribution in [3.63, 3.8) is 0 Å². The van der Waals surface area contributed by atoms with E-state index in [-0.39, 0.29) is 11.9 Å². The molecule has 1 aliphatic rings. The minimum absolute atomic E-state index is 0.0206. The molecule has 0 radical (unpaired) electrons. The average Bonchev–Trinajstić information content (AvgIpc) is 2.35. The fraction of sp³-hybridized carbons (Fsp3) is 0.867. The Morgan fingerprint density at radius 2 is 1.95 bits per heavy atom. The summed E-state index contributed by atoms with van der Waals surface area (Å²) in [6, 6.07) is 0. The predicted octanol–water partition coefficient (Wildman–Crippen LogP) is 3.13. The van der Waals surface area contributed by atoms with E-state index in [4.69, 9.17) is 9.84 Å². The SMILES string of the molecule is CCC1CN(C(=O)O)CCC1(CC)C(=O)OC(C)(C)C. The van der Waals surface area contributed by atoms with Gasteiger partial charge in [-0.05, 0) is 39.5 Å². The number of carboxylic acid groups (broad SMARTS) is 1. The van der Waals surface area contributed by atoms with Crippen LogP contribution in [0.2, 0.25) is 0 Å². The van der Waals surface area contributed by atoms with Crippen LogP contribution < -0.4 is 0 Å². The second-order valence-electron chi connectivity index (χ2n) is 6.60. The molecule has 1 heterocycles. The maximum Gasteiger partial charge on any atom is 0.407 e. The van der Waals surface area contributed by atoms with Gasteiger partial charge in [-0.25, -0.2) is 4.79 Å². The summed E-state index contributed by atoms with van der Waals surface area (Å²) in [5.41, 5.74) is -1.06. The zero-order chi connectivity index (χ0) is 15.6. The van der Waals surface area contributed by atoms with Crippen molar-refractivity contribution in [3.05, 3.63) is 0 Å². The van der Waals surface area contributed by atoms with Crippen molar-refractivity contribution in [3.8, 4) is 0 Å². The molecule has 2 unspecified atom stereocenters. The van der Waals surface area contributed by atoms with Gasteiger partial charge in [-0.3, -0.25) is 4.79 Å². The lowest BCUT2D eigenvalue weighted by Crippen LogP contribution is -2.53. The average molecular weight is 285 g/mol. The van der Waals surface area contributed by atoms with Crippen molar-refractivity contribution in [1.29, 1.82) is 0 Å². The van der Waals surface area contributed by atoms with Gasteiger partial charge in [-0.1, -0.05) is 20.3 Å². The number of nitrogens with zero attached hydrogens (tertiary/aromatic N) is 1. The van der Waals surface area contributed by atoms with Crippen LogP contribution in [0.15, 0.2) is 0 Å². The molecule has 0 bridgehead atoms. The van der Waals surface area contributed by atoms with Gasteiger partial charge in [0.05, 0.1) is 5.41 Å². The van der Waals surface area contributed by atoms with E-state index in [1.165, 1.54) is 4.90 Å². The fourth-order valence-corrected chi connectivity index (χ4v) is 3.02. The first-order chi connectivity index (χ1) is 9.16. The van der Waals surface area contributed by atoms with Crippen molar-refractivity contribution >= 4 is 12.1 Å². The van der Waals surface area contributed by atoms with Crippen LogP contribution in [-0.4, -0.2) is 40.8 Å². The summed E-state index contributed by atoms with van der Waals surface area (Å²) >= 11 is 0. The monoisotopic (exact) mass is 285 g/mol. The second kappa shape index (κ2) is 6.02. The maximum absolute atomic E-state index is 12.6. The molecule has 0 spiro atoms. The summed E-state index contributed by atoms with van der Waals surface area (Å²) < 4.78 is 5.59. The zero-order valence-electron chi connectivity index (χ0n) is 13.2. The Morgan fingerprint density at radius 1 is 1.35 bits per heavy atom. The number of hydrogen-bond donors (Lipinski definition) is 1. The van der Waals surface area contributed by atoms with Gasteiger partial charge in [0.2, 0.25) is 0 Å². The number of piperidine rings is 1. The highest BCUT2D eigenvalue weighted by Gasteiger charge is 2.49. The molecule has 2 atom stereocenters. The summed E-state index contributed by atoms with van der Waals surface area (Å²) in [6.07, 6.45) is 1.10. The maximum atomic E-state index is 12.6. The highest BCUT2D eigenvalue weighted by Crippen LogP contribution is 2.43. The van der Waals surface area contributed by atoms with E-state index >= 15 is 0 Å². The molecular weight excluding hydrogens is 258 g/mol. The number of rotatable bonds is 3. The minimum atomic E-state index is -0.905. The highest BCUT2D eigenvalue weighted by molar-refractivity contribution is 5.78. The molecule has 1 rings (SSSR count). The molecule has 0 aromatic heterocycles. The number of carbonyl (C=O) groups is 2. The minimum Gasteiger partial charge on any atom is -0.465 e. The lowest BCUT2D eigenvalue weighted by atomic mass is 9.67. The third kappa shape index (κ3) is 3.44. The van der Waals surface area contributed by atoms with E-state index in [0.717, 1.165) is 6.42 Å². The van der Waals surface area contributed by atoms with E-state index in [9.17, 15) is 9.59 Å². The van der Waals surface area contributed by atoms with Crippen LogP contribution in [0.3, 0.4) is 0 Å². The smallest absolute Gasteiger partial charge is 0.407 e. The number of carbonyl (C=O) groups excluding carboxylic acids is 1. The molecule has 5 nitrogen and oxygen atoms in total. The highest BCUT2D eigenvalue weighted by atomic mass is 16.6. The molecule has 1 saturated heterocycles. The topological polar surface area (TPSA) is 66.8 Å². The lowest BCUT2D eigenvalue weighted by Gasteiger charge is -2.45. The molecular formula is C15H27NO4. The Hall–Kier alpha value is -1.26. The van der Waals surface area contributed by atoms with Crippen LogP contribution in [0.4, 0.5) is 4.79 Å². The Labute approximate surface area is 121 Å². The summed E-state index contributed by atoms with van der Waals surface area (Å²) in [7, 11) is 0.